The molecule has 1 unspecified atom stereocenters. The van der Waals surface area contributed by atoms with Gasteiger partial charge in [0.1, 0.15) is 18.2 Å². The molecule has 0 aromatic heterocycles. The lowest BCUT2D eigenvalue weighted by Crippen LogP contribution is -2.31. The highest BCUT2D eigenvalue weighted by Gasteiger charge is 2.15. The van der Waals surface area contributed by atoms with E-state index in [0.717, 1.165) is 31.4 Å². The fraction of sp³-hybridized carbons (Fsp3) is 0.381. The minimum Gasteiger partial charge on any atom is -0.489 e. The molecule has 2 aromatic carbocycles. The molecule has 0 bridgehead atoms. The lowest BCUT2D eigenvalue weighted by Gasteiger charge is -2.23. The first-order valence-electron chi connectivity index (χ1n) is 9.33. The van der Waals surface area contributed by atoms with Gasteiger partial charge >= 0.3 is 6.03 Å². The van der Waals surface area contributed by atoms with Crippen molar-refractivity contribution in [2.45, 2.75) is 31.8 Å². The van der Waals surface area contributed by atoms with Crippen LogP contribution in [-0.2, 0) is 11.2 Å². The second-order valence-electron chi connectivity index (χ2n) is 6.55. The van der Waals surface area contributed by atoms with E-state index in [9.17, 15) is 9.18 Å². The van der Waals surface area contributed by atoms with Gasteiger partial charge in [0.2, 0.25) is 0 Å². The van der Waals surface area contributed by atoms with Crippen molar-refractivity contribution in [1.82, 2.24) is 5.32 Å². The molecular formula is C21H25FN2O3. The number of ether oxygens (including phenoxy) is 2. The van der Waals surface area contributed by atoms with Crippen molar-refractivity contribution in [1.29, 1.82) is 0 Å². The largest absolute Gasteiger partial charge is 0.489 e. The number of hydrogen-bond acceptors (Lipinski definition) is 3. The number of benzene rings is 2. The molecule has 2 amide bonds. The Balaban J connectivity index is 1.46. The van der Waals surface area contributed by atoms with E-state index in [1.807, 2.05) is 18.2 Å². The van der Waals surface area contributed by atoms with E-state index >= 15 is 0 Å². The molecule has 6 heteroatoms. The Morgan fingerprint density at radius 1 is 1.15 bits per heavy atom. The minimum absolute atomic E-state index is 0.108. The molecule has 1 fully saturated rings. The fourth-order valence-corrected chi connectivity index (χ4v) is 2.96. The van der Waals surface area contributed by atoms with E-state index in [-0.39, 0.29) is 18.0 Å². The van der Waals surface area contributed by atoms with E-state index in [0.29, 0.717) is 31.0 Å². The molecule has 144 valence electrons. The Morgan fingerprint density at radius 2 is 1.96 bits per heavy atom. The van der Waals surface area contributed by atoms with Gasteiger partial charge in [0, 0.05) is 13.2 Å². The van der Waals surface area contributed by atoms with Crippen LogP contribution in [-0.4, -0.2) is 31.9 Å². The monoisotopic (exact) mass is 372 g/mol. The molecule has 1 saturated heterocycles. The van der Waals surface area contributed by atoms with Crippen molar-refractivity contribution >= 4 is 11.7 Å². The summed E-state index contributed by atoms with van der Waals surface area (Å²) in [5.41, 5.74) is 1.58. The van der Waals surface area contributed by atoms with Crippen LogP contribution in [0.1, 0.15) is 24.8 Å². The van der Waals surface area contributed by atoms with Gasteiger partial charge in [-0.05, 0) is 55.5 Å². The maximum Gasteiger partial charge on any atom is 0.319 e. The van der Waals surface area contributed by atoms with E-state index in [1.165, 1.54) is 12.1 Å². The van der Waals surface area contributed by atoms with Gasteiger partial charge in [-0.2, -0.15) is 0 Å². The zero-order chi connectivity index (χ0) is 18.9. The second-order valence-corrected chi connectivity index (χ2v) is 6.55. The van der Waals surface area contributed by atoms with Crippen LogP contribution in [0.4, 0.5) is 14.9 Å². The first-order valence-corrected chi connectivity index (χ1v) is 9.33. The summed E-state index contributed by atoms with van der Waals surface area (Å²) in [6.45, 7) is 1.71. The molecule has 0 saturated carbocycles. The Kier molecular flexibility index (Phi) is 7.04. The average Bonchev–Trinajstić information content (AvgIpc) is 2.70. The number of carbonyl (C=O) groups excluding carboxylic acids is 1. The number of nitrogens with one attached hydrogen (secondary N) is 2. The Labute approximate surface area is 158 Å². The molecule has 2 aromatic rings. The average molecular weight is 372 g/mol. The van der Waals surface area contributed by atoms with Crippen molar-refractivity contribution in [2.24, 2.45) is 0 Å². The molecular weight excluding hydrogens is 347 g/mol. The van der Waals surface area contributed by atoms with Crippen molar-refractivity contribution in [3.05, 3.63) is 59.9 Å². The molecule has 0 spiro atoms. The predicted molar refractivity (Wildman–Crippen MR) is 103 cm³/mol. The third-order valence-corrected chi connectivity index (χ3v) is 4.45. The van der Waals surface area contributed by atoms with Crippen LogP contribution in [0.25, 0.3) is 0 Å². The molecule has 1 atom stereocenters. The number of anilines is 1. The number of rotatable bonds is 7. The summed E-state index contributed by atoms with van der Waals surface area (Å²) in [5.74, 6) is 0.361. The van der Waals surface area contributed by atoms with Gasteiger partial charge in [0.25, 0.3) is 0 Å². The predicted octanol–water partition coefficient (Wildman–Crippen LogP) is 4.14. The Bertz CT molecular complexity index is 730. The molecule has 5 nitrogen and oxygen atoms in total. The van der Waals surface area contributed by atoms with E-state index in [2.05, 4.69) is 10.6 Å². The molecule has 1 heterocycles. The molecule has 27 heavy (non-hydrogen) atoms. The summed E-state index contributed by atoms with van der Waals surface area (Å²) in [7, 11) is 0. The molecule has 2 N–H and O–H groups in total. The third-order valence-electron chi connectivity index (χ3n) is 4.45. The van der Waals surface area contributed by atoms with Crippen LogP contribution in [0.5, 0.6) is 5.75 Å². The van der Waals surface area contributed by atoms with Gasteiger partial charge in [0.05, 0.1) is 11.8 Å². The summed E-state index contributed by atoms with van der Waals surface area (Å²) < 4.78 is 24.4. The second kappa shape index (κ2) is 9.92. The lowest BCUT2D eigenvalue weighted by molar-refractivity contribution is -0.0109. The highest BCUT2D eigenvalue weighted by molar-refractivity contribution is 5.90. The van der Waals surface area contributed by atoms with Crippen LogP contribution < -0.4 is 15.4 Å². The summed E-state index contributed by atoms with van der Waals surface area (Å²) >= 11 is 0. The molecule has 1 aliphatic heterocycles. The third kappa shape index (κ3) is 6.25. The molecule has 1 aliphatic rings. The van der Waals surface area contributed by atoms with Gasteiger partial charge in [-0.3, -0.25) is 0 Å². The minimum atomic E-state index is -0.304. The van der Waals surface area contributed by atoms with Crippen LogP contribution >= 0.6 is 0 Å². The lowest BCUT2D eigenvalue weighted by atomic mass is 10.1. The smallest absolute Gasteiger partial charge is 0.319 e. The first kappa shape index (κ1) is 19.2. The normalized spacial score (nSPS) is 16.6. The topological polar surface area (TPSA) is 59.6 Å². The van der Waals surface area contributed by atoms with E-state index in [1.54, 1.807) is 18.2 Å². The molecule has 3 rings (SSSR count). The number of urea groups is 1. The maximum absolute atomic E-state index is 12.9. The van der Waals surface area contributed by atoms with E-state index in [4.69, 9.17) is 9.47 Å². The fourth-order valence-electron chi connectivity index (χ4n) is 2.96. The highest BCUT2D eigenvalue weighted by Crippen LogP contribution is 2.25. The van der Waals surface area contributed by atoms with Crippen molar-refractivity contribution in [2.75, 3.05) is 25.1 Å². The van der Waals surface area contributed by atoms with Crippen molar-refractivity contribution in [3.8, 4) is 5.75 Å². The molecule has 0 aliphatic carbocycles. The Morgan fingerprint density at radius 3 is 2.74 bits per heavy atom. The van der Waals surface area contributed by atoms with Gasteiger partial charge in [-0.15, -0.1) is 0 Å². The Hall–Kier alpha value is -2.60. The molecule has 0 radical (unpaired) electrons. The zero-order valence-electron chi connectivity index (χ0n) is 15.2. The van der Waals surface area contributed by atoms with E-state index < -0.39 is 0 Å². The van der Waals surface area contributed by atoms with Crippen LogP contribution in [0.3, 0.4) is 0 Å². The van der Waals surface area contributed by atoms with Crippen LogP contribution in [0.2, 0.25) is 0 Å². The van der Waals surface area contributed by atoms with Crippen LogP contribution in [0.15, 0.2) is 48.5 Å². The number of hydrogen-bond donors (Lipinski definition) is 2. The number of para-hydroxylation sites is 2. The first-order chi connectivity index (χ1) is 13.2. The summed E-state index contributed by atoms with van der Waals surface area (Å²) in [5, 5.41) is 5.62. The SMILES string of the molecule is O=C(NCCc1ccc(F)cc1)Nc1ccccc1OCC1CCCCO1. The summed E-state index contributed by atoms with van der Waals surface area (Å²) in [4.78, 5) is 12.2. The van der Waals surface area contributed by atoms with Crippen molar-refractivity contribution < 1.29 is 18.7 Å². The van der Waals surface area contributed by atoms with Gasteiger partial charge in [-0.1, -0.05) is 24.3 Å². The van der Waals surface area contributed by atoms with Gasteiger partial charge in [0.15, 0.2) is 0 Å². The van der Waals surface area contributed by atoms with Gasteiger partial charge < -0.3 is 20.1 Å². The number of amides is 2. The van der Waals surface area contributed by atoms with Crippen LogP contribution in [0, 0.1) is 5.82 Å². The summed E-state index contributed by atoms with van der Waals surface area (Å²) in [6, 6.07) is 13.3. The maximum atomic E-state index is 12.9. The number of carbonyl (C=O) groups is 1. The quantitative estimate of drug-likeness (QED) is 0.768. The van der Waals surface area contributed by atoms with Crippen molar-refractivity contribution in [3.63, 3.8) is 0 Å². The standard InChI is InChI=1S/C21H25FN2O3/c22-17-10-8-16(9-11-17)12-13-23-21(25)24-19-6-1-2-7-20(19)27-15-18-5-3-4-14-26-18/h1-2,6-11,18H,3-5,12-15H2,(H2,23,24,25). The van der Waals surface area contributed by atoms with Gasteiger partial charge in [-0.25, -0.2) is 9.18 Å². The summed E-state index contributed by atoms with van der Waals surface area (Å²) in [6.07, 6.45) is 4.00. The number of halogens is 1. The highest BCUT2D eigenvalue weighted by atomic mass is 19.1. The zero-order valence-corrected chi connectivity index (χ0v) is 15.2.